The maximum absolute atomic E-state index is 12.2. The van der Waals surface area contributed by atoms with E-state index >= 15 is 0 Å². The number of para-hydroxylation sites is 2. The topological polar surface area (TPSA) is 90.3 Å². The molecule has 0 radical (unpaired) electrons. The summed E-state index contributed by atoms with van der Waals surface area (Å²) >= 11 is 0. The Kier molecular flexibility index (Phi) is 3.91. The summed E-state index contributed by atoms with van der Waals surface area (Å²) in [5.41, 5.74) is 1.05. The molecule has 1 atom stereocenters. The molecule has 3 rings (SSSR count). The van der Waals surface area contributed by atoms with Crippen molar-refractivity contribution >= 4 is 15.7 Å². The Labute approximate surface area is 133 Å². The molecule has 0 bridgehead atoms. The molecule has 0 fully saturated rings. The van der Waals surface area contributed by atoms with Crippen molar-refractivity contribution in [1.82, 2.24) is 15.1 Å². The predicted octanol–water partition coefficient (Wildman–Crippen LogP) is 0.921. The van der Waals surface area contributed by atoms with E-state index in [-0.39, 0.29) is 11.7 Å². The number of hydrogen-bond donors (Lipinski definition) is 1. The summed E-state index contributed by atoms with van der Waals surface area (Å²) in [6.07, 6.45) is 4.47. The molecular weight excluding hydrogens is 318 g/mol. The summed E-state index contributed by atoms with van der Waals surface area (Å²) in [5.74, 6) is 0.143. The Morgan fingerprint density at radius 2 is 2.17 bits per heavy atom. The average Bonchev–Trinajstić information content (AvgIpc) is 3.14. The van der Waals surface area contributed by atoms with Crippen molar-refractivity contribution < 1.29 is 17.9 Å². The number of carbonyl (C=O) groups is 1. The zero-order valence-corrected chi connectivity index (χ0v) is 13.2. The van der Waals surface area contributed by atoms with Gasteiger partial charge >= 0.3 is 0 Å². The number of hydrogen-bond acceptors (Lipinski definition) is 5. The number of rotatable bonds is 4. The molecule has 1 aliphatic heterocycles. The summed E-state index contributed by atoms with van der Waals surface area (Å²) in [4.78, 5) is 12.2. The summed E-state index contributed by atoms with van der Waals surface area (Å²) in [5, 5.41) is 7.93. The highest BCUT2D eigenvalue weighted by atomic mass is 32.2. The molecular formula is C15H15N3O4S. The van der Waals surface area contributed by atoms with E-state index in [4.69, 9.17) is 4.74 Å². The monoisotopic (exact) mass is 333 g/mol. The van der Waals surface area contributed by atoms with Gasteiger partial charge in [0.05, 0.1) is 30.7 Å². The van der Waals surface area contributed by atoms with Gasteiger partial charge in [0.2, 0.25) is 0 Å². The van der Waals surface area contributed by atoms with Gasteiger partial charge in [-0.15, -0.1) is 0 Å². The number of nitrogens with zero attached hydrogens (tertiary/aromatic N) is 2. The molecule has 7 nitrogen and oxygen atoms in total. The molecule has 23 heavy (non-hydrogen) atoms. The average molecular weight is 333 g/mol. The Hall–Kier alpha value is -2.61. The Balaban J connectivity index is 1.77. The highest BCUT2D eigenvalue weighted by Crippen LogP contribution is 2.21. The highest BCUT2D eigenvalue weighted by Gasteiger charge is 2.24. The summed E-state index contributed by atoms with van der Waals surface area (Å²) in [6, 6.07) is 6.78. The molecule has 8 heteroatoms. The highest BCUT2D eigenvalue weighted by molar-refractivity contribution is 7.94. The smallest absolute Gasteiger partial charge is 0.254 e. The minimum Gasteiger partial charge on any atom is -0.494 e. The number of nitrogens with one attached hydrogen (secondary N) is 1. The van der Waals surface area contributed by atoms with Crippen molar-refractivity contribution in [1.29, 1.82) is 0 Å². The fourth-order valence-electron chi connectivity index (χ4n) is 2.31. The van der Waals surface area contributed by atoms with Crippen molar-refractivity contribution in [2.75, 3.05) is 12.9 Å². The first-order valence-corrected chi connectivity index (χ1v) is 8.60. The van der Waals surface area contributed by atoms with Crippen molar-refractivity contribution in [3.8, 4) is 11.4 Å². The molecule has 2 aromatic rings. The Morgan fingerprint density at radius 1 is 1.39 bits per heavy atom. The van der Waals surface area contributed by atoms with Gasteiger partial charge in [0, 0.05) is 11.6 Å². The molecule has 1 aliphatic rings. The molecule has 0 unspecified atom stereocenters. The van der Waals surface area contributed by atoms with Crippen molar-refractivity contribution in [3.63, 3.8) is 0 Å². The first-order valence-electron chi connectivity index (χ1n) is 6.88. The third-order valence-corrected chi connectivity index (χ3v) is 4.82. The third-order valence-electron chi connectivity index (χ3n) is 3.42. The SMILES string of the molecule is COc1ccccc1-n1cc(C(=O)N[C@H]2C=CS(=O)(=O)C2)cn1. The van der Waals surface area contributed by atoms with Crippen LogP contribution in [0, 0.1) is 0 Å². The first kappa shape index (κ1) is 15.3. The molecule has 2 heterocycles. The lowest BCUT2D eigenvalue weighted by molar-refractivity contribution is 0.0947. The number of carbonyl (C=O) groups excluding carboxylic acids is 1. The lowest BCUT2D eigenvalue weighted by Crippen LogP contribution is -2.35. The number of ether oxygens (including phenoxy) is 1. The molecule has 1 amide bonds. The van der Waals surface area contributed by atoms with Gasteiger partial charge in [-0.3, -0.25) is 4.79 Å². The predicted molar refractivity (Wildman–Crippen MR) is 84.3 cm³/mol. The number of aromatic nitrogens is 2. The minimum absolute atomic E-state index is 0.112. The van der Waals surface area contributed by atoms with E-state index in [1.807, 2.05) is 18.2 Å². The van der Waals surface area contributed by atoms with Crippen LogP contribution in [0.25, 0.3) is 5.69 Å². The van der Waals surface area contributed by atoms with Crippen LogP contribution in [0.1, 0.15) is 10.4 Å². The largest absolute Gasteiger partial charge is 0.494 e. The maximum Gasteiger partial charge on any atom is 0.254 e. The summed E-state index contributed by atoms with van der Waals surface area (Å²) in [7, 11) is -1.64. The molecule has 0 aliphatic carbocycles. The normalized spacial score (nSPS) is 18.7. The van der Waals surface area contributed by atoms with Crippen LogP contribution >= 0.6 is 0 Å². The minimum atomic E-state index is -3.20. The van der Waals surface area contributed by atoms with E-state index in [9.17, 15) is 13.2 Å². The van der Waals surface area contributed by atoms with E-state index in [1.54, 1.807) is 19.4 Å². The van der Waals surface area contributed by atoms with Crippen LogP contribution in [-0.2, 0) is 9.84 Å². The molecule has 1 aromatic carbocycles. The quantitative estimate of drug-likeness (QED) is 0.898. The third kappa shape index (κ3) is 3.26. The number of benzene rings is 1. The van der Waals surface area contributed by atoms with Crippen molar-refractivity contribution in [2.24, 2.45) is 0 Å². The van der Waals surface area contributed by atoms with Crippen LogP contribution in [0.5, 0.6) is 5.75 Å². The molecule has 0 saturated carbocycles. The lowest BCUT2D eigenvalue weighted by atomic mass is 10.2. The van der Waals surface area contributed by atoms with Crippen LogP contribution in [0.2, 0.25) is 0 Å². The van der Waals surface area contributed by atoms with Gasteiger partial charge in [-0.2, -0.15) is 5.10 Å². The molecule has 0 spiro atoms. The molecule has 1 N–H and O–H groups in total. The van der Waals surface area contributed by atoms with Crippen molar-refractivity contribution in [3.05, 3.63) is 53.7 Å². The Bertz CT molecular complexity index is 870. The van der Waals surface area contributed by atoms with E-state index in [2.05, 4.69) is 10.4 Å². The van der Waals surface area contributed by atoms with Crippen LogP contribution in [0.15, 0.2) is 48.1 Å². The van der Waals surface area contributed by atoms with E-state index < -0.39 is 15.9 Å². The zero-order valence-electron chi connectivity index (χ0n) is 12.3. The molecule has 1 aromatic heterocycles. The lowest BCUT2D eigenvalue weighted by Gasteiger charge is -2.09. The molecule has 120 valence electrons. The first-order chi connectivity index (χ1) is 11.0. The number of sulfone groups is 1. The summed E-state index contributed by atoms with van der Waals surface area (Å²) in [6.45, 7) is 0. The van der Waals surface area contributed by atoms with Gasteiger partial charge in [0.15, 0.2) is 9.84 Å². The Morgan fingerprint density at radius 3 is 2.87 bits per heavy atom. The van der Waals surface area contributed by atoms with Crippen LogP contribution in [0.4, 0.5) is 0 Å². The van der Waals surface area contributed by atoms with Crippen LogP contribution in [0.3, 0.4) is 0 Å². The van der Waals surface area contributed by atoms with Gasteiger partial charge in [0.25, 0.3) is 5.91 Å². The van der Waals surface area contributed by atoms with Gasteiger partial charge in [-0.05, 0) is 18.2 Å². The molecule has 0 saturated heterocycles. The maximum atomic E-state index is 12.2. The standard InChI is InChI=1S/C15H15N3O4S/c1-22-14-5-3-2-4-13(14)18-9-11(8-16-18)15(19)17-12-6-7-23(20,21)10-12/h2-9,12H,10H2,1H3,(H,17,19)/t12-/m0/s1. The summed E-state index contributed by atoms with van der Waals surface area (Å²) < 4.78 is 29.5. The van der Waals surface area contributed by atoms with Gasteiger partial charge in [0.1, 0.15) is 11.4 Å². The second kappa shape index (κ2) is 5.88. The number of methoxy groups -OCH3 is 1. The second-order valence-electron chi connectivity index (χ2n) is 5.08. The van der Waals surface area contributed by atoms with Crippen LogP contribution < -0.4 is 10.1 Å². The fraction of sp³-hybridized carbons (Fsp3) is 0.200. The van der Waals surface area contributed by atoms with E-state index in [1.165, 1.54) is 17.0 Å². The van der Waals surface area contributed by atoms with Gasteiger partial charge < -0.3 is 10.1 Å². The van der Waals surface area contributed by atoms with Gasteiger partial charge in [-0.25, -0.2) is 13.1 Å². The number of amides is 1. The zero-order chi connectivity index (χ0) is 16.4. The van der Waals surface area contributed by atoms with Crippen molar-refractivity contribution in [2.45, 2.75) is 6.04 Å². The van der Waals surface area contributed by atoms with Crippen LogP contribution in [-0.4, -0.2) is 43.0 Å². The van der Waals surface area contributed by atoms with E-state index in [0.717, 1.165) is 5.41 Å². The fourth-order valence-corrected chi connectivity index (χ4v) is 3.54. The van der Waals surface area contributed by atoms with E-state index in [0.29, 0.717) is 17.0 Å². The second-order valence-corrected chi connectivity index (χ2v) is 7.01. The van der Waals surface area contributed by atoms with Gasteiger partial charge in [-0.1, -0.05) is 12.1 Å².